The van der Waals surface area contributed by atoms with E-state index >= 15 is 0 Å². The first-order valence-electron chi connectivity index (χ1n) is 6.05. The van der Waals surface area contributed by atoms with Crippen LogP contribution in [0.4, 0.5) is 0 Å². The Morgan fingerprint density at radius 1 is 1.53 bits per heavy atom. The van der Waals surface area contributed by atoms with Crippen molar-refractivity contribution in [3.05, 3.63) is 29.6 Å². The van der Waals surface area contributed by atoms with Gasteiger partial charge in [0.15, 0.2) is 0 Å². The maximum Gasteiger partial charge on any atom is 0.142 e. The van der Waals surface area contributed by atoms with E-state index in [4.69, 9.17) is 11.1 Å². The number of nitrogens with zero attached hydrogens (tertiary/aromatic N) is 2. The zero-order valence-electron chi connectivity index (χ0n) is 10.9. The van der Waals surface area contributed by atoms with Crippen molar-refractivity contribution in [1.82, 2.24) is 9.88 Å². The molecule has 0 aliphatic carbocycles. The third-order valence-electron chi connectivity index (χ3n) is 2.61. The minimum Gasteiger partial charge on any atom is -0.382 e. The van der Waals surface area contributed by atoms with Gasteiger partial charge in [-0.05, 0) is 24.1 Å². The van der Waals surface area contributed by atoms with E-state index in [1.165, 1.54) is 0 Å². The van der Waals surface area contributed by atoms with E-state index in [1.54, 1.807) is 6.20 Å². The van der Waals surface area contributed by atoms with E-state index in [9.17, 15) is 0 Å². The molecule has 1 aromatic rings. The van der Waals surface area contributed by atoms with E-state index in [0.29, 0.717) is 11.6 Å². The highest BCUT2D eigenvalue weighted by Gasteiger charge is 2.11. The first-order valence-corrected chi connectivity index (χ1v) is 6.05. The lowest BCUT2D eigenvalue weighted by Crippen LogP contribution is -2.28. The van der Waals surface area contributed by atoms with Crippen molar-refractivity contribution < 1.29 is 0 Å². The molecular formula is C13H22N4. The van der Waals surface area contributed by atoms with E-state index in [0.717, 1.165) is 25.2 Å². The molecule has 0 fully saturated rings. The Morgan fingerprint density at radius 3 is 2.76 bits per heavy atom. The fraction of sp³-hybridized carbons (Fsp3) is 0.538. The highest BCUT2D eigenvalue weighted by atomic mass is 15.1. The van der Waals surface area contributed by atoms with Gasteiger partial charge in [0.25, 0.3) is 0 Å². The number of hydrogen-bond donors (Lipinski definition) is 2. The van der Waals surface area contributed by atoms with Crippen molar-refractivity contribution in [2.45, 2.75) is 27.3 Å². The lowest BCUT2D eigenvalue weighted by Gasteiger charge is -2.23. The first-order chi connectivity index (χ1) is 8.04. The standard InChI is InChI=1S/C13H22N4/c1-4-17(8-10(2)3)9-11-6-5-7-16-12(11)13(14)15/h5-7,10H,4,8-9H2,1-3H3,(H3,14,15). The van der Waals surface area contributed by atoms with Crippen molar-refractivity contribution in [1.29, 1.82) is 5.41 Å². The van der Waals surface area contributed by atoms with Crippen LogP contribution in [0.3, 0.4) is 0 Å². The Kier molecular flexibility index (Phi) is 5.10. The molecule has 4 heteroatoms. The number of amidine groups is 1. The molecule has 3 N–H and O–H groups in total. The number of nitrogen functional groups attached to an aromatic ring is 1. The number of hydrogen-bond acceptors (Lipinski definition) is 3. The van der Waals surface area contributed by atoms with Crippen LogP contribution >= 0.6 is 0 Å². The van der Waals surface area contributed by atoms with E-state index in [1.807, 2.05) is 12.1 Å². The van der Waals surface area contributed by atoms with Crippen LogP contribution in [0.15, 0.2) is 18.3 Å². The fourth-order valence-electron chi connectivity index (χ4n) is 1.87. The molecule has 0 spiro atoms. The molecular weight excluding hydrogens is 212 g/mol. The molecule has 0 saturated heterocycles. The van der Waals surface area contributed by atoms with Crippen molar-refractivity contribution in [3.63, 3.8) is 0 Å². The van der Waals surface area contributed by atoms with Gasteiger partial charge in [-0.25, -0.2) is 0 Å². The Hall–Kier alpha value is -1.42. The highest BCUT2D eigenvalue weighted by Crippen LogP contribution is 2.10. The van der Waals surface area contributed by atoms with Gasteiger partial charge >= 0.3 is 0 Å². The third-order valence-corrected chi connectivity index (χ3v) is 2.61. The predicted molar refractivity (Wildman–Crippen MR) is 71.0 cm³/mol. The number of rotatable bonds is 6. The lowest BCUT2D eigenvalue weighted by atomic mass is 10.1. The SMILES string of the molecule is CCN(Cc1cccnc1C(=N)N)CC(C)C. The minimum atomic E-state index is 0.0428. The van der Waals surface area contributed by atoms with Crippen LogP contribution in [0.1, 0.15) is 32.0 Å². The van der Waals surface area contributed by atoms with Gasteiger partial charge in [-0.2, -0.15) is 0 Å². The molecule has 0 atom stereocenters. The summed E-state index contributed by atoms with van der Waals surface area (Å²) in [4.78, 5) is 6.51. The van der Waals surface area contributed by atoms with Crippen LogP contribution in [0.5, 0.6) is 0 Å². The molecule has 4 nitrogen and oxygen atoms in total. The van der Waals surface area contributed by atoms with Gasteiger partial charge in [0.1, 0.15) is 11.5 Å². The van der Waals surface area contributed by atoms with E-state index < -0.39 is 0 Å². The summed E-state index contributed by atoms with van der Waals surface area (Å²) in [5.41, 5.74) is 7.17. The average molecular weight is 234 g/mol. The summed E-state index contributed by atoms with van der Waals surface area (Å²) in [7, 11) is 0. The molecule has 94 valence electrons. The van der Waals surface area contributed by atoms with Gasteiger partial charge < -0.3 is 5.73 Å². The fourth-order valence-corrected chi connectivity index (χ4v) is 1.87. The molecule has 0 aliphatic heterocycles. The lowest BCUT2D eigenvalue weighted by molar-refractivity contribution is 0.248. The Balaban J connectivity index is 2.82. The summed E-state index contributed by atoms with van der Waals surface area (Å²) < 4.78 is 0. The van der Waals surface area contributed by atoms with Crippen LogP contribution in [-0.2, 0) is 6.54 Å². The Labute approximate surface area is 103 Å². The molecule has 0 saturated carbocycles. The maximum atomic E-state index is 7.52. The van der Waals surface area contributed by atoms with Crippen LogP contribution in [-0.4, -0.2) is 28.8 Å². The molecule has 0 aromatic carbocycles. The van der Waals surface area contributed by atoms with Gasteiger partial charge in [-0.15, -0.1) is 0 Å². The molecule has 0 unspecified atom stereocenters. The number of aromatic nitrogens is 1. The number of pyridine rings is 1. The molecule has 0 amide bonds. The smallest absolute Gasteiger partial charge is 0.142 e. The third kappa shape index (κ3) is 4.15. The highest BCUT2D eigenvalue weighted by molar-refractivity contribution is 5.94. The Bertz CT molecular complexity index is 373. The van der Waals surface area contributed by atoms with Crippen molar-refractivity contribution in [2.24, 2.45) is 11.7 Å². The molecule has 0 bridgehead atoms. The summed E-state index contributed by atoms with van der Waals surface area (Å²) in [6.45, 7) is 9.40. The average Bonchev–Trinajstić information content (AvgIpc) is 2.28. The van der Waals surface area contributed by atoms with E-state index in [-0.39, 0.29) is 5.84 Å². The second-order valence-corrected chi connectivity index (χ2v) is 4.65. The van der Waals surface area contributed by atoms with Gasteiger partial charge in [-0.1, -0.05) is 26.8 Å². The van der Waals surface area contributed by atoms with Crippen LogP contribution in [0.25, 0.3) is 0 Å². The maximum absolute atomic E-state index is 7.52. The minimum absolute atomic E-state index is 0.0428. The van der Waals surface area contributed by atoms with Gasteiger partial charge in [-0.3, -0.25) is 15.3 Å². The van der Waals surface area contributed by atoms with Crippen molar-refractivity contribution in [3.8, 4) is 0 Å². The molecule has 0 radical (unpaired) electrons. The molecule has 17 heavy (non-hydrogen) atoms. The van der Waals surface area contributed by atoms with Crippen LogP contribution in [0, 0.1) is 11.3 Å². The van der Waals surface area contributed by atoms with Crippen LogP contribution < -0.4 is 5.73 Å². The summed E-state index contributed by atoms with van der Waals surface area (Å²) >= 11 is 0. The predicted octanol–water partition coefficient (Wildman–Crippen LogP) is 1.84. The summed E-state index contributed by atoms with van der Waals surface area (Å²) in [6.07, 6.45) is 1.68. The topological polar surface area (TPSA) is 66.0 Å². The molecule has 0 aliphatic rings. The van der Waals surface area contributed by atoms with Crippen molar-refractivity contribution in [2.75, 3.05) is 13.1 Å². The second-order valence-electron chi connectivity index (χ2n) is 4.65. The Morgan fingerprint density at radius 2 is 2.24 bits per heavy atom. The monoisotopic (exact) mass is 234 g/mol. The molecule has 1 aromatic heterocycles. The van der Waals surface area contributed by atoms with Gasteiger partial charge in [0, 0.05) is 19.3 Å². The zero-order valence-corrected chi connectivity index (χ0v) is 10.9. The first kappa shape index (κ1) is 13.6. The largest absolute Gasteiger partial charge is 0.382 e. The molecule has 1 heterocycles. The summed E-state index contributed by atoms with van der Waals surface area (Å²) in [5.74, 6) is 0.675. The number of nitrogens with one attached hydrogen (secondary N) is 1. The summed E-state index contributed by atoms with van der Waals surface area (Å²) in [5, 5.41) is 7.52. The van der Waals surface area contributed by atoms with Crippen LogP contribution in [0.2, 0.25) is 0 Å². The normalized spacial score (nSPS) is 11.1. The van der Waals surface area contributed by atoms with Crippen molar-refractivity contribution >= 4 is 5.84 Å². The zero-order chi connectivity index (χ0) is 12.8. The quantitative estimate of drug-likeness (QED) is 0.583. The molecule has 1 rings (SSSR count). The number of nitrogens with two attached hydrogens (primary N) is 1. The summed E-state index contributed by atoms with van der Waals surface area (Å²) in [6, 6.07) is 3.89. The second kappa shape index (κ2) is 6.35. The van der Waals surface area contributed by atoms with E-state index in [2.05, 4.69) is 30.7 Å². The van der Waals surface area contributed by atoms with Gasteiger partial charge in [0.2, 0.25) is 0 Å². The van der Waals surface area contributed by atoms with Gasteiger partial charge in [0.05, 0.1) is 0 Å².